The molecule has 1 aliphatic rings. The van der Waals surface area contributed by atoms with Gasteiger partial charge >= 0.3 is 6.18 Å². The minimum atomic E-state index is -4.51. The molecule has 2 heterocycles. The van der Waals surface area contributed by atoms with E-state index in [0.717, 1.165) is 17.7 Å². The molecular weight excluding hydrogens is 496 g/mol. The van der Waals surface area contributed by atoms with E-state index in [1.807, 2.05) is 0 Å². The normalized spacial score (nSPS) is 19.5. The zero-order valence-electron chi connectivity index (χ0n) is 17.9. The van der Waals surface area contributed by atoms with Crippen LogP contribution >= 0.6 is 11.6 Å². The lowest BCUT2D eigenvalue weighted by Crippen LogP contribution is -2.30. The highest BCUT2D eigenvalue weighted by Gasteiger charge is 2.41. The molecule has 1 aliphatic heterocycles. The number of aryl methyl sites for hydroxylation is 1. The van der Waals surface area contributed by atoms with E-state index < -0.39 is 27.6 Å². The number of aromatic nitrogens is 2. The highest BCUT2D eigenvalue weighted by atomic mass is 35.5. The highest BCUT2D eigenvalue weighted by Crippen LogP contribution is 2.37. The molecule has 0 bridgehead atoms. The maximum Gasteiger partial charge on any atom is 0.416 e. The number of sulfonamides is 1. The molecular formula is C22H21ClF4N4O2S. The summed E-state index contributed by atoms with van der Waals surface area (Å²) in [7, 11) is -2.20. The van der Waals surface area contributed by atoms with Crippen LogP contribution in [-0.2, 0) is 23.2 Å². The lowest BCUT2D eigenvalue weighted by Gasteiger charge is -2.20. The van der Waals surface area contributed by atoms with Gasteiger partial charge in [0, 0.05) is 38.8 Å². The van der Waals surface area contributed by atoms with Gasteiger partial charge in [-0.05, 0) is 41.8 Å². The van der Waals surface area contributed by atoms with Crippen LogP contribution in [0.1, 0.15) is 17.0 Å². The van der Waals surface area contributed by atoms with E-state index in [2.05, 4.69) is 10.3 Å². The van der Waals surface area contributed by atoms with Crippen molar-refractivity contribution < 1.29 is 26.0 Å². The van der Waals surface area contributed by atoms with Crippen LogP contribution in [0.2, 0.25) is 5.02 Å². The number of rotatable bonds is 6. The number of hydrogen-bond donors (Lipinski definition) is 1. The summed E-state index contributed by atoms with van der Waals surface area (Å²) in [6.45, 7) is 0.533. The number of halogens is 5. The Balaban J connectivity index is 1.58. The molecule has 2 aromatic carbocycles. The zero-order chi connectivity index (χ0) is 24.7. The second kappa shape index (κ2) is 9.20. The molecule has 0 spiro atoms. The standard InChI is InChI=1S/C22H21ClF4N4O2S/c1-30-12-21(29-13-30)34(32,33)31-10-15(18(11-31)14-2-5-17(24)6-3-14)9-28-20-7-4-16(8-19(20)23)22(25,26)27/h2-8,12-13,15,18,28H,9-11H2,1H3/t15-,18+/m1/s1. The van der Waals surface area contributed by atoms with Crippen LogP contribution in [0.5, 0.6) is 0 Å². The number of nitrogens with one attached hydrogen (secondary N) is 1. The largest absolute Gasteiger partial charge is 0.416 e. The van der Waals surface area contributed by atoms with E-state index in [4.69, 9.17) is 11.6 Å². The SMILES string of the molecule is Cn1cnc(S(=O)(=O)N2C[C@@H](CNc3ccc(C(F)(F)F)cc3Cl)[C@H](c3ccc(F)cc3)C2)c1. The minimum Gasteiger partial charge on any atom is -0.383 e. The smallest absolute Gasteiger partial charge is 0.383 e. The minimum absolute atomic E-state index is 0.0766. The fourth-order valence-electron chi connectivity index (χ4n) is 4.05. The van der Waals surface area contributed by atoms with Crippen LogP contribution in [-0.4, -0.2) is 41.9 Å². The molecule has 0 aliphatic carbocycles. The van der Waals surface area contributed by atoms with Crippen molar-refractivity contribution in [3.63, 3.8) is 0 Å². The Morgan fingerprint density at radius 1 is 1.15 bits per heavy atom. The van der Waals surface area contributed by atoms with E-state index in [9.17, 15) is 26.0 Å². The lowest BCUT2D eigenvalue weighted by atomic mass is 9.89. The Morgan fingerprint density at radius 3 is 2.44 bits per heavy atom. The first-order valence-corrected chi connectivity index (χ1v) is 12.1. The van der Waals surface area contributed by atoms with E-state index in [1.165, 1.54) is 39.6 Å². The molecule has 34 heavy (non-hydrogen) atoms. The van der Waals surface area contributed by atoms with E-state index in [0.29, 0.717) is 5.69 Å². The van der Waals surface area contributed by atoms with Crippen molar-refractivity contribution in [2.24, 2.45) is 13.0 Å². The lowest BCUT2D eigenvalue weighted by molar-refractivity contribution is -0.137. The number of imidazole rings is 1. The van der Waals surface area contributed by atoms with Gasteiger partial charge in [-0.15, -0.1) is 0 Å². The monoisotopic (exact) mass is 516 g/mol. The van der Waals surface area contributed by atoms with Crippen LogP contribution in [0.15, 0.2) is 60.0 Å². The third kappa shape index (κ3) is 5.06. The van der Waals surface area contributed by atoms with Crippen molar-refractivity contribution in [3.05, 3.63) is 77.0 Å². The van der Waals surface area contributed by atoms with Gasteiger partial charge in [0.1, 0.15) is 5.82 Å². The summed E-state index contributed by atoms with van der Waals surface area (Å²) in [6.07, 6.45) is -1.70. The summed E-state index contributed by atoms with van der Waals surface area (Å²) in [5.74, 6) is -0.951. The predicted octanol–water partition coefficient (Wildman–Crippen LogP) is 4.75. The first-order valence-electron chi connectivity index (χ1n) is 10.3. The maximum absolute atomic E-state index is 13.5. The average Bonchev–Trinajstić information content (AvgIpc) is 3.40. The Morgan fingerprint density at radius 2 is 1.85 bits per heavy atom. The molecule has 2 atom stereocenters. The molecule has 0 unspecified atom stereocenters. The van der Waals surface area contributed by atoms with Gasteiger partial charge < -0.3 is 9.88 Å². The molecule has 1 fully saturated rings. The Labute approximate surface area is 199 Å². The number of anilines is 1. The third-order valence-corrected chi connectivity index (χ3v) is 7.87. The van der Waals surface area contributed by atoms with Gasteiger partial charge in [-0.1, -0.05) is 23.7 Å². The van der Waals surface area contributed by atoms with Gasteiger partial charge in [0.25, 0.3) is 10.0 Å². The molecule has 182 valence electrons. The van der Waals surface area contributed by atoms with Gasteiger partial charge in [0.05, 0.1) is 22.6 Å². The Kier molecular flexibility index (Phi) is 6.63. The third-order valence-electron chi connectivity index (χ3n) is 5.84. The van der Waals surface area contributed by atoms with Crippen molar-refractivity contribution >= 4 is 27.3 Å². The quantitative estimate of drug-likeness (QED) is 0.480. The molecule has 3 aromatic rings. The Hall–Kier alpha value is -2.63. The average molecular weight is 517 g/mol. The van der Waals surface area contributed by atoms with Crippen LogP contribution in [0.3, 0.4) is 0 Å². The van der Waals surface area contributed by atoms with E-state index in [-0.39, 0.29) is 41.5 Å². The summed E-state index contributed by atoms with van der Waals surface area (Å²) in [6, 6.07) is 8.84. The van der Waals surface area contributed by atoms with Gasteiger partial charge in [0.15, 0.2) is 5.03 Å². The number of nitrogens with zero attached hydrogens (tertiary/aromatic N) is 3. The van der Waals surface area contributed by atoms with Crippen LogP contribution in [0, 0.1) is 11.7 Å². The molecule has 1 N–H and O–H groups in total. The van der Waals surface area contributed by atoms with Crippen LogP contribution in [0.4, 0.5) is 23.2 Å². The molecule has 0 saturated carbocycles. The molecule has 1 saturated heterocycles. The molecule has 0 amide bonds. The number of alkyl halides is 3. The van der Waals surface area contributed by atoms with E-state index in [1.54, 1.807) is 19.2 Å². The summed E-state index contributed by atoms with van der Waals surface area (Å²) >= 11 is 6.05. The molecule has 1 aromatic heterocycles. The Bertz CT molecular complexity index is 1280. The predicted molar refractivity (Wildman–Crippen MR) is 120 cm³/mol. The summed E-state index contributed by atoms with van der Waals surface area (Å²) in [4.78, 5) is 3.96. The second-order valence-corrected chi connectivity index (χ2v) is 10.5. The van der Waals surface area contributed by atoms with Crippen molar-refractivity contribution in [2.45, 2.75) is 17.1 Å². The topological polar surface area (TPSA) is 67.2 Å². The zero-order valence-corrected chi connectivity index (χ0v) is 19.5. The summed E-state index contributed by atoms with van der Waals surface area (Å²) in [5.41, 5.74) is 0.199. The number of benzene rings is 2. The summed E-state index contributed by atoms with van der Waals surface area (Å²) < 4.78 is 81.3. The summed E-state index contributed by atoms with van der Waals surface area (Å²) in [5, 5.41) is 2.88. The number of hydrogen-bond acceptors (Lipinski definition) is 4. The van der Waals surface area contributed by atoms with Gasteiger partial charge in [-0.2, -0.15) is 17.5 Å². The van der Waals surface area contributed by atoms with Gasteiger partial charge in [-0.3, -0.25) is 0 Å². The fraction of sp³-hybridized carbons (Fsp3) is 0.318. The molecule has 0 radical (unpaired) electrons. The van der Waals surface area contributed by atoms with Gasteiger partial charge in [0.2, 0.25) is 0 Å². The molecule has 6 nitrogen and oxygen atoms in total. The first-order chi connectivity index (χ1) is 15.9. The van der Waals surface area contributed by atoms with Crippen molar-refractivity contribution in [2.75, 3.05) is 25.0 Å². The van der Waals surface area contributed by atoms with Crippen molar-refractivity contribution in [3.8, 4) is 0 Å². The fourth-order valence-corrected chi connectivity index (χ4v) is 5.79. The second-order valence-electron chi connectivity index (χ2n) is 8.19. The van der Waals surface area contributed by atoms with E-state index >= 15 is 0 Å². The van der Waals surface area contributed by atoms with Gasteiger partial charge in [-0.25, -0.2) is 17.8 Å². The van der Waals surface area contributed by atoms with Crippen molar-refractivity contribution in [1.29, 1.82) is 0 Å². The van der Waals surface area contributed by atoms with Crippen LogP contribution in [0.25, 0.3) is 0 Å². The van der Waals surface area contributed by atoms with Crippen molar-refractivity contribution in [1.82, 2.24) is 13.9 Å². The molecule has 4 rings (SSSR count). The van der Waals surface area contributed by atoms with Crippen LogP contribution < -0.4 is 5.32 Å². The first kappa shape index (κ1) is 24.5. The molecule has 12 heteroatoms. The maximum atomic E-state index is 13.5. The highest BCUT2D eigenvalue weighted by molar-refractivity contribution is 7.89.